The molecule has 62 heavy (non-hydrogen) atoms. The van der Waals surface area contributed by atoms with E-state index in [1.807, 2.05) is 6.08 Å². The van der Waals surface area contributed by atoms with Crippen LogP contribution in [0.2, 0.25) is 0 Å². The van der Waals surface area contributed by atoms with E-state index in [1.165, 1.54) is 193 Å². The number of nitrogens with one attached hydrogen (secondary N) is 1. The van der Waals surface area contributed by atoms with Gasteiger partial charge in [0.1, 0.15) is 0 Å². The van der Waals surface area contributed by atoms with Crippen LogP contribution < -0.4 is 5.32 Å². The minimum Gasteiger partial charge on any atom is -0.466 e. The highest BCUT2D eigenvalue weighted by Gasteiger charge is 2.18. The molecule has 6 nitrogen and oxygen atoms in total. The molecule has 2 unspecified atom stereocenters. The third kappa shape index (κ3) is 47.6. The van der Waals surface area contributed by atoms with Crippen molar-refractivity contribution in [1.29, 1.82) is 0 Å². The van der Waals surface area contributed by atoms with Gasteiger partial charge in [0.25, 0.3) is 0 Å². The zero-order chi connectivity index (χ0) is 45.1. The summed E-state index contributed by atoms with van der Waals surface area (Å²) in [5.41, 5.74) is 0. The quantitative estimate of drug-likeness (QED) is 0.0321. The lowest BCUT2D eigenvalue weighted by molar-refractivity contribution is -0.143. The summed E-state index contributed by atoms with van der Waals surface area (Å²) in [7, 11) is 0. The van der Waals surface area contributed by atoms with Gasteiger partial charge in [0.2, 0.25) is 5.91 Å². The smallest absolute Gasteiger partial charge is 0.305 e. The fraction of sp³-hybridized carbons (Fsp3) is 0.857. The summed E-state index contributed by atoms with van der Waals surface area (Å²) in [5.74, 6) is -0.106. The van der Waals surface area contributed by atoms with Gasteiger partial charge in [0.15, 0.2) is 0 Å². The molecule has 6 heteroatoms. The molecule has 0 rings (SSSR count). The first-order valence-corrected chi connectivity index (χ1v) is 27.3. The van der Waals surface area contributed by atoms with E-state index in [2.05, 4.69) is 43.5 Å². The van der Waals surface area contributed by atoms with Crippen LogP contribution in [0.4, 0.5) is 0 Å². The Labute approximate surface area is 385 Å². The Balaban J connectivity index is 3.49. The largest absolute Gasteiger partial charge is 0.466 e. The zero-order valence-electron chi connectivity index (χ0n) is 41.4. The first-order chi connectivity index (χ1) is 30.5. The average molecular weight is 872 g/mol. The SMILES string of the molecule is CCCCC/C=C\C/C=C\CCCCCCCCCCCC(=O)OCCCCCCCCCCCCCC(=O)NC(CO)C(O)/C=C/CCCCCCCCCCCCCCC. The maximum Gasteiger partial charge on any atom is 0.305 e. The molecule has 0 spiro atoms. The first-order valence-electron chi connectivity index (χ1n) is 27.3. The molecule has 0 aliphatic rings. The second-order valence-electron chi connectivity index (χ2n) is 18.6. The van der Waals surface area contributed by atoms with Gasteiger partial charge in [-0.25, -0.2) is 0 Å². The monoisotopic (exact) mass is 872 g/mol. The zero-order valence-corrected chi connectivity index (χ0v) is 41.4. The van der Waals surface area contributed by atoms with Gasteiger partial charge >= 0.3 is 5.97 Å². The van der Waals surface area contributed by atoms with E-state index in [0.29, 0.717) is 19.4 Å². The molecule has 0 bridgehead atoms. The van der Waals surface area contributed by atoms with E-state index in [0.717, 1.165) is 64.2 Å². The van der Waals surface area contributed by atoms with Gasteiger partial charge in [-0.1, -0.05) is 243 Å². The van der Waals surface area contributed by atoms with Crippen LogP contribution in [0.15, 0.2) is 36.5 Å². The number of aliphatic hydroxyl groups is 2. The molecule has 3 N–H and O–H groups in total. The fourth-order valence-corrected chi connectivity index (χ4v) is 8.19. The molecular weight excluding hydrogens is 767 g/mol. The van der Waals surface area contributed by atoms with E-state index in [4.69, 9.17) is 4.74 Å². The number of unbranched alkanes of at least 4 members (excludes halogenated alkanes) is 35. The lowest BCUT2D eigenvalue weighted by atomic mass is 10.0. The molecule has 0 saturated carbocycles. The molecule has 0 aliphatic carbocycles. The van der Waals surface area contributed by atoms with Crippen molar-refractivity contribution in [3.8, 4) is 0 Å². The number of esters is 1. The second kappa shape index (κ2) is 51.7. The molecule has 0 saturated heterocycles. The predicted molar refractivity (Wildman–Crippen MR) is 269 cm³/mol. The van der Waals surface area contributed by atoms with Gasteiger partial charge in [-0.2, -0.15) is 0 Å². The molecular formula is C56H105NO5. The van der Waals surface area contributed by atoms with Crippen molar-refractivity contribution in [1.82, 2.24) is 5.32 Å². The second-order valence-corrected chi connectivity index (χ2v) is 18.6. The van der Waals surface area contributed by atoms with Gasteiger partial charge in [-0.15, -0.1) is 0 Å². The molecule has 0 fully saturated rings. The number of aliphatic hydroxyl groups excluding tert-OH is 2. The van der Waals surface area contributed by atoms with Crippen molar-refractivity contribution < 1.29 is 24.5 Å². The summed E-state index contributed by atoms with van der Waals surface area (Å²) in [5, 5.41) is 23.1. The maximum absolute atomic E-state index is 12.4. The first kappa shape index (κ1) is 60.1. The molecule has 1 amide bonds. The Kier molecular flexibility index (Phi) is 50.1. The highest BCUT2D eigenvalue weighted by molar-refractivity contribution is 5.76. The number of amides is 1. The fourth-order valence-electron chi connectivity index (χ4n) is 8.19. The van der Waals surface area contributed by atoms with Crippen molar-refractivity contribution in [2.75, 3.05) is 13.2 Å². The highest BCUT2D eigenvalue weighted by Crippen LogP contribution is 2.16. The Morgan fingerprint density at radius 2 is 0.806 bits per heavy atom. The number of ether oxygens (including phenoxy) is 1. The Hall–Kier alpha value is -1.92. The normalized spacial score (nSPS) is 12.9. The maximum atomic E-state index is 12.4. The Morgan fingerprint density at radius 3 is 1.26 bits per heavy atom. The van der Waals surface area contributed by atoms with Crippen molar-refractivity contribution in [3.63, 3.8) is 0 Å². The van der Waals surface area contributed by atoms with Crippen molar-refractivity contribution in [3.05, 3.63) is 36.5 Å². The molecule has 0 heterocycles. The van der Waals surface area contributed by atoms with Crippen LogP contribution in [0, 0.1) is 0 Å². The van der Waals surface area contributed by atoms with Crippen molar-refractivity contribution >= 4 is 11.9 Å². The molecule has 0 aromatic rings. The summed E-state index contributed by atoms with van der Waals surface area (Å²) in [4.78, 5) is 24.5. The highest BCUT2D eigenvalue weighted by atomic mass is 16.5. The third-order valence-electron chi connectivity index (χ3n) is 12.4. The van der Waals surface area contributed by atoms with Gasteiger partial charge in [0.05, 0.1) is 25.4 Å². The summed E-state index contributed by atoms with van der Waals surface area (Å²) < 4.78 is 5.47. The van der Waals surface area contributed by atoms with Crippen molar-refractivity contribution in [2.24, 2.45) is 0 Å². The Morgan fingerprint density at radius 1 is 0.452 bits per heavy atom. The summed E-state index contributed by atoms with van der Waals surface area (Å²) in [6.45, 7) is 4.84. The van der Waals surface area contributed by atoms with Gasteiger partial charge in [-0.05, 0) is 64.2 Å². The lowest BCUT2D eigenvalue weighted by Crippen LogP contribution is -2.45. The number of carbonyl (C=O) groups excluding carboxylic acids is 2. The minimum atomic E-state index is -0.857. The van der Waals surface area contributed by atoms with Crippen LogP contribution in [-0.4, -0.2) is 47.4 Å². The topological polar surface area (TPSA) is 95.9 Å². The van der Waals surface area contributed by atoms with E-state index in [9.17, 15) is 19.8 Å². The van der Waals surface area contributed by atoms with Gasteiger partial charge in [0, 0.05) is 12.8 Å². The van der Waals surface area contributed by atoms with E-state index in [1.54, 1.807) is 6.08 Å². The van der Waals surface area contributed by atoms with Crippen molar-refractivity contribution in [2.45, 2.75) is 296 Å². The molecule has 0 radical (unpaired) electrons. The summed E-state index contributed by atoms with van der Waals surface area (Å²) in [6, 6.07) is -0.642. The third-order valence-corrected chi connectivity index (χ3v) is 12.4. The summed E-state index contributed by atoms with van der Waals surface area (Å²) >= 11 is 0. The Bertz CT molecular complexity index is 1010. The van der Waals surface area contributed by atoms with E-state index < -0.39 is 12.1 Å². The molecule has 2 atom stereocenters. The number of rotatable bonds is 50. The number of hydrogen-bond acceptors (Lipinski definition) is 5. The van der Waals surface area contributed by atoms with Crippen LogP contribution in [-0.2, 0) is 14.3 Å². The number of hydrogen-bond donors (Lipinski definition) is 3. The van der Waals surface area contributed by atoms with Gasteiger partial charge in [-0.3, -0.25) is 9.59 Å². The minimum absolute atomic E-state index is 0.0195. The van der Waals surface area contributed by atoms with Crippen LogP contribution in [0.25, 0.3) is 0 Å². The van der Waals surface area contributed by atoms with E-state index >= 15 is 0 Å². The van der Waals surface area contributed by atoms with E-state index in [-0.39, 0.29) is 18.5 Å². The molecule has 364 valence electrons. The van der Waals surface area contributed by atoms with Crippen LogP contribution in [0.3, 0.4) is 0 Å². The van der Waals surface area contributed by atoms with Crippen LogP contribution >= 0.6 is 0 Å². The summed E-state index contributed by atoms with van der Waals surface area (Å²) in [6.07, 6.45) is 62.9. The van der Waals surface area contributed by atoms with Gasteiger partial charge < -0.3 is 20.3 Å². The van der Waals surface area contributed by atoms with Crippen LogP contribution in [0.5, 0.6) is 0 Å². The molecule has 0 aliphatic heterocycles. The molecule has 0 aromatic heterocycles. The number of carbonyl (C=O) groups is 2. The lowest BCUT2D eigenvalue weighted by Gasteiger charge is -2.20. The predicted octanol–water partition coefficient (Wildman–Crippen LogP) is 16.5. The standard InChI is InChI=1S/C56H105NO5/c1-3-5-7-9-11-13-15-17-19-20-21-22-24-26-30-34-38-42-46-50-56(61)62-51-47-43-39-35-31-27-29-33-37-41-45-49-55(60)57-53(52-58)54(59)48-44-40-36-32-28-25-23-18-16-14-12-10-8-6-4-2/h11,13,17,19,44,48,53-54,58-59H,3-10,12,14-16,18,20-43,45-47,49-52H2,1-2H3,(H,57,60)/b13-11-,19-17-,48-44+. The average Bonchev–Trinajstić information content (AvgIpc) is 3.27. The van der Waals surface area contributed by atoms with Crippen LogP contribution in [0.1, 0.15) is 284 Å². The molecule has 0 aromatic carbocycles. The number of allylic oxidation sites excluding steroid dienone is 5.